The fourth-order valence-corrected chi connectivity index (χ4v) is 5.07. The van der Waals surface area contributed by atoms with Crippen LogP contribution < -0.4 is 14.5 Å². The van der Waals surface area contributed by atoms with E-state index in [-0.39, 0.29) is 11.7 Å². The van der Waals surface area contributed by atoms with Crippen molar-refractivity contribution in [2.75, 3.05) is 33.4 Å². The average molecular weight is 402 g/mol. The number of carbonyl (C=O) groups is 1. The summed E-state index contributed by atoms with van der Waals surface area (Å²) in [4.78, 5) is 14.9. The minimum Gasteiger partial charge on any atom is -0.369 e. The topological polar surface area (TPSA) is 69.7 Å². The molecule has 1 heterocycles. The van der Waals surface area contributed by atoms with Gasteiger partial charge in [-0.2, -0.15) is 0 Å². The molecule has 2 aromatic rings. The number of benzene rings is 2. The van der Waals surface area contributed by atoms with Gasteiger partial charge in [0.25, 0.3) is 5.91 Å². The molecule has 0 aliphatic carbocycles. The smallest absolute Gasteiger partial charge is 0.255 e. The van der Waals surface area contributed by atoms with Crippen molar-refractivity contribution in [1.82, 2.24) is 0 Å². The molecule has 0 saturated carbocycles. The van der Waals surface area contributed by atoms with E-state index in [1.54, 1.807) is 24.3 Å². The maximum atomic E-state index is 12.6. The molecule has 7 heteroatoms. The molecule has 1 aliphatic rings. The van der Waals surface area contributed by atoms with Gasteiger partial charge in [-0.25, -0.2) is 8.42 Å². The third-order valence-corrected chi connectivity index (χ3v) is 6.79. The molecular weight excluding hydrogens is 374 g/mol. The number of hydrogen-bond acceptors (Lipinski definition) is 4. The van der Waals surface area contributed by atoms with Crippen LogP contribution in [0.3, 0.4) is 0 Å². The average Bonchev–Trinajstić information content (AvgIpc) is 3.02. The van der Waals surface area contributed by atoms with Crippen molar-refractivity contribution in [2.24, 2.45) is 0 Å². The lowest BCUT2D eigenvalue weighted by molar-refractivity contribution is 0.102. The lowest BCUT2D eigenvalue weighted by Gasteiger charge is -2.27. The zero-order chi connectivity index (χ0) is 20.3. The van der Waals surface area contributed by atoms with Gasteiger partial charge in [-0.1, -0.05) is 6.07 Å². The van der Waals surface area contributed by atoms with Crippen LogP contribution in [0.25, 0.3) is 0 Å². The van der Waals surface area contributed by atoms with Crippen molar-refractivity contribution in [3.63, 3.8) is 0 Å². The Morgan fingerprint density at radius 3 is 2.46 bits per heavy atom. The van der Waals surface area contributed by atoms with E-state index in [1.807, 2.05) is 24.3 Å². The van der Waals surface area contributed by atoms with Crippen LogP contribution >= 0.6 is 0 Å². The normalized spacial score (nSPS) is 15.6. The molecule has 0 unspecified atom stereocenters. The maximum Gasteiger partial charge on any atom is 0.255 e. The molecule has 1 fully saturated rings. The zero-order valence-corrected chi connectivity index (χ0v) is 17.4. The van der Waals surface area contributed by atoms with Gasteiger partial charge < -0.3 is 10.2 Å². The van der Waals surface area contributed by atoms with Gasteiger partial charge >= 0.3 is 0 Å². The number of nitrogens with one attached hydrogen (secondary N) is 1. The van der Waals surface area contributed by atoms with Crippen LogP contribution in [0, 0.1) is 0 Å². The lowest BCUT2D eigenvalue weighted by atomic mass is 10.1. The second kappa shape index (κ2) is 8.22. The van der Waals surface area contributed by atoms with Crippen molar-refractivity contribution >= 4 is 33.0 Å². The van der Waals surface area contributed by atoms with Crippen LogP contribution in [0.2, 0.25) is 0 Å². The lowest BCUT2D eigenvalue weighted by Crippen LogP contribution is -2.30. The fraction of sp³-hybridized carbons (Fsp3) is 0.381. The minimum atomic E-state index is -3.27. The number of amides is 1. The first-order valence-electron chi connectivity index (χ1n) is 9.60. The highest BCUT2D eigenvalue weighted by atomic mass is 32.2. The Hall–Kier alpha value is -2.54. The van der Waals surface area contributed by atoms with Gasteiger partial charge in [0.05, 0.1) is 11.4 Å². The highest BCUT2D eigenvalue weighted by Crippen LogP contribution is 2.25. The van der Waals surface area contributed by atoms with E-state index >= 15 is 0 Å². The second-order valence-corrected chi connectivity index (χ2v) is 9.19. The summed E-state index contributed by atoms with van der Waals surface area (Å²) in [6.07, 6.45) is 0.607. The van der Waals surface area contributed by atoms with Gasteiger partial charge in [-0.3, -0.25) is 9.10 Å². The summed E-state index contributed by atoms with van der Waals surface area (Å²) in [6, 6.07) is 14.9. The monoisotopic (exact) mass is 401 g/mol. The summed E-state index contributed by atoms with van der Waals surface area (Å²) in [5.74, 6) is -0.108. The van der Waals surface area contributed by atoms with Gasteiger partial charge in [0, 0.05) is 36.1 Å². The Labute approximate surface area is 167 Å². The number of hydrogen-bond donors (Lipinski definition) is 1. The molecule has 1 saturated heterocycles. The van der Waals surface area contributed by atoms with Crippen LogP contribution in [-0.2, 0) is 10.0 Å². The van der Waals surface area contributed by atoms with Crippen molar-refractivity contribution in [3.05, 3.63) is 54.1 Å². The van der Waals surface area contributed by atoms with E-state index in [2.05, 4.69) is 31.0 Å². The summed E-state index contributed by atoms with van der Waals surface area (Å²) in [6.45, 7) is 7.77. The van der Waals surface area contributed by atoms with Gasteiger partial charge in [0.2, 0.25) is 10.0 Å². The van der Waals surface area contributed by atoms with Crippen LogP contribution in [0.15, 0.2) is 48.5 Å². The number of carbonyl (C=O) groups excluding carboxylic acids is 1. The molecule has 1 aliphatic heterocycles. The Morgan fingerprint density at radius 1 is 1.18 bits per heavy atom. The van der Waals surface area contributed by atoms with Gasteiger partial charge in [-0.05, 0) is 69.7 Å². The molecule has 1 amide bonds. The molecule has 28 heavy (non-hydrogen) atoms. The number of anilines is 3. The molecule has 3 rings (SSSR count). The summed E-state index contributed by atoms with van der Waals surface area (Å²) < 4.78 is 25.6. The molecule has 0 atom stereocenters. The number of nitrogens with zero attached hydrogens (tertiary/aromatic N) is 2. The van der Waals surface area contributed by atoms with Crippen LogP contribution in [0.1, 0.15) is 37.6 Å². The summed E-state index contributed by atoms with van der Waals surface area (Å²) >= 11 is 0. The Balaban J connectivity index is 1.74. The van der Waals surface area contributed by atoms with Crippen LogP contribution in [0.5, 0.6) is 0 Å². The van der Waals surface area contributed by atoms with Gasteiger partial charge in [-0.15, -0.1) is 0 Å². The van der Waals surface area contributed by atoms with Crippen molar-refractivity contribution in [1.29, 1.82) is 0 Å². The Morgan fingerprint density at radius 2 is 1.89 bits per heavy atom. The van der Waals surface area contributed by atoms with E-state index in [0.29, 0.717) is 35.9 Å². The maximum absolute atomic E-state index is 12.6. The minimum absolute atomic E-state index is 0.154. The molecule has 150 valence electrons. The number of sulfonamides is 1. The van der Waals surface area contributed by atoms with E-state index < -0.39 is 10.0 Å². The van der Waals surface area contributed by atoms with Crippen LogP contribution in [-0.4, -0.2) is 39.2 Å². The van der Waals surface area contributed by atoms with Crippen molar-refractivity contribution in [3.8, 4) is 0 Å². The SMILES string of the molecule is CCN(c1ccc(NC(=O)c2cccc(N3CCCS3(=O)=O)c2)cc1)C(C)C. The van der Waals surface area contributed by atoms with E-state index in [4.69, 9.17) is 0 Å². The van der Waals surface area contributed by atoms with Crippen molar-refractivity contribution in [2.45, 2.75) is 33.2 Å². The van der Waals surface area contributed by atoms with E-state index in [9.17, 15) is 13.2 Å². The molecule has 2 aromatic carbocycles. The summed E-state index contributed by atoms with van der Waals surface area (Å²) in [5, 5.41) is 2.88. The molecule has 0 aromatic heterocycles. The Kier molecular flexibility index (Phi) is 5.93. The second-order valence-electron chi connectivity index (χ2n) is 7.17. The third-order valence-electron chi connectivity index (χ3n) is 4.92. The van der Waals surface area contributed by atoms with Crippen molar-refractivity contribution < 1.29 is 13.2 Å². The predicted octanol–water partition coefficient (Wildman–Crippen LogP) is 3.71. The largest absolute Gasteiger partial charge is 0.369 e. The summed E-state index contributed by atoms with van der Waals surface area (Å²) in [5.41, 5.74) is 2.78. The molecular formula is C21H27N3O3S. The third kappa shape index (κ3) is 4.30. The summed E-state index contributed by atoms with van der Waals surface area (Å²) in [7, 11) is -3.27. The predicted molar refractivity (Wildman–Crippen MR) is 115 cm³/mol. The quantitative estimate of drug-likeness (QED) is 0.801. The molecule has 0 spiro atoms. The molecule has 0 radical (unpaired) electrons. The fourth-order valence-electron chi connectivity index (χ4n) is 3.52. The standard InChI is InChI=1S/C21H27N3O3S/c1-4-23(16(2)3)19-11-9-18(10-12-19)22-21(25)17-7-5-8-20(15-17)24-13-6-14-28(24,26)27/h5,7-12,15-16H,4,6,13-14H2,1-3H3,(H,22,25). The number of rotatable bonds is 6. The molecule has 1 N–H and O–H groups in total. The zero-order valence-electron chi connectivity index (χ0n) is 16.6. The van der Waals surface area contributed by atoms with Gasteiger partial charge in [0.1, 0.15) is 0 Å². The molecule has 0 bridgehead atoms. The first-order chi connectivity index (χ1) is 13.3. The van der Waals surface area contributed by atoms with E-state index in [0.717, 1.165) is 12.2 Å². The van der Waals surface area contributed by atoms with Crippen LogP contribution in [0.4, 0.5) is 17.1 Å². The first kappa shape index (κ1) is 20.2. The highest BCUT2D eigenvalue weighted by Gasteiger charge is 2.28. The Bertz CT molecular complexity index is 940. The first-order valence-corrected chi connectivity index (χ1v) is 11.2. The van der Waals surface area contributed by atoms with E-state index in [1.165, 1.54) is 4.31 Å². The highest BCUT2D eigenvalue weighted by molar-refractivity contribution is 7.93. The molecule has 6 nitrogen and oxygen atoms in total. The van der Waals surface area contributed by atoms with Gasteiger partial charge in [0.15, 0.2) is 0 Å².